The molecule has 0 bridgehead atoms. The van der Waals surface area contributed by atoms with Gasteiger partial charge in [0.1, 0.15) is 12.2 Å². The van der Waals surface area contributed by atoms with Gasteiger partial charge in [-0.1, -0.05) is 20.8 Å². The molecule has 0 saturated heterocycles. The Labute approximate surface area is 113 Å². The van der Waals surface area contributed by atoms with E-state index in [1.54, 1.807) is 30.3 Å². The number of nitrogens with zero attached hydrogens (tertiary/aromatic N) is 2. The molecule has 0 fully saturated rings. The minimum Gasteiger partial charge on any atom is -0.480 e. The third kappa shape index (κ3) is 3.59. The third-order valence-corrected chi connectivity index (χ3v) is 3.51. The minimum absolute atomic E-state index is 0.0331. The Bertz CT molecular complexity index is 471. The lowest BCUT2D eigenvalue weighted by molar-refractivity contribution is -0.137. The van der Waals surface area contributed by atoms with Crippen LogP contribution in [-0.2, 0) is 11.3 Å². The molecule has 5 nitrogen and oxygen atoms in total. The van der Waals surface area contributed by atoms with Crippen molar-refractivity contribution in [3.05, 3.63) is 24.0 Å². The molecule has 5 heteroatoms. The fourth-order valence-corrected chi connectivity index (χ4v) is 1.83. The lowest BCUT2D eigenvalue weighted by Gasteiger charge is -2.35. The SMILES string of the molecule is CC(N(C)C(=O)c1cccn1CC(=O)O)C(C)(C)C. The molecular weight excluding hydrogens is 244 g/mol. The summed E-state index contributed by atoms with van der Waals surface area (Å²) in [5, 5.41) is 8.82. The predicted molar refractivity (Wildman–Crippen MR) is 73.1 cm³/mol. The molecule has 1 aromatic heterocycles. The molecule has 0 aliphatic heterocycles. The van der Waals surface area contributed by atoms with Crippen molar-refractivity contribution in [1.29, 1.82) is 0 Å². The van der Waals surface area contributed by atoms with Crippen LogP contribution in [0.5, 0.6) is 0 Å². The highest BCUT2D eigenvalue weighted by atomic mass is 16.4. The Balaban J connectivity index is 2.95. The number of aliphatic carboxylic acids is 1. The molecule has 0 saturated carbocycles. The van der Waals surface area contributed by atoms with Gasteiger partial charge in [-0.25, -0.2) is 0 Å². The molecule has 1 unspecified atom stereocenters. The predicted octanol–water partition coefficient (Wildman–Crippen LogP) is 2.08. The monoisotopic (exact) mass is 266 g/mol. The van der Waals surface area contributed by atoms with Crippen LogP contribution in [0.3, 0.4) is 0 Å². The second-order valence-corrected chi connectivity index (χ2v) is 5.87. The van der Waals surface area contributed by atoms with E-state index in [1.807, 2.05) is 6.92 Å². The van der Waals surface area contributed by atoms with Gasteiger partial charge in [-0.05, 0) is 24.5 Å². The van der Waals surface area contributed by atoms with Crippen LogP contribution in [0.1, 0.15) is 38.2 Å². The molecule has 1 atom stereocenters. The van der Waals surface area contributed by atoms with Gasteiger partial charge in [0.2, 0.25) is 0 Å². The molecule has 0 aliphatic rings. The lowest BCUT2D eigenvalue weighted by atomic mass is 9.87. The number of aromatic nitrogens is 1. The van der Waals surface area contributed by atoms with Gasteiger partial charge in [-0.15, -0.1) is 0 Å². The zero-order valence-corrected chi connectivity index (χ0v) is 12.2. The van der Waals surface area contributed by atoms with E-state index in [4.69, 9.17) is 5.11 Å². The van der Waals surface area contributed by atoms with Crippen molar-refractivity contribution >= 4 is 11.9 Å². The highest BCUT2D eigenvalue weighted by molar-refractivity contribution is 5.93. The quantitative estimate of drug-likeness (QED) is 0.907. The maximum Gasteiger partial charge on any atom is 0.323 e. The van der Waals surface area contributed by atoms with Crippen LogP contribution in [0.15, 0.2) is 18.3 Å². The Hall–Kier alpha value is -1.78. The summed E-state index contributed by atoms with van der Waals surface area (Å²) in [6.07, 6.45) is 1.61. The Morgan fingerprint density at radius 1 is 1.42 bits per heavy atom. The summed E-state index contributed by atoms with van der Waals surface area (Å²) >= 11 is 0. The van der Waals surface area contributed by atoms with Gasteiger partial charge < -0.3 is 14.6 Å². The first-order valence-corrected chi connectivity index (χ1v) is 6.28. The number of carbonyl (C=O) groups excluding carboxylic acids is 1. The number of carboxylic acids is 1. The second-order valence-electron chi connectivity index (χ2n) is 5.87. The highest BCUT2D eigenvalue weighted by Gasteiger charge is 2.28. The van der Waals surface area contributed by atoms with Gasteiger partial charge in [-0.2, -0.15) is 0 Å². The Kier molecular flexibility index (Phi) is 4.39. The molecule has 0 radical (unpaired) electrons. The molecule has 0 aliphatic carbocycles. The van der Waals surface area contributed by atoms with Gasteiger partial charge in [0.05, 0.1) is 0 Å². The molecule has 19 heavy (non-hydrogen) atoms. The van der Waals surface area contributed by atoms with Crippen molar-refractivity contribution in [2.75, 3.05) is 7.05 Å². The van der Waals surface area contributed by atoms with Gasteiger partial charge >= 0.3 is 5.97 Å². The maximum absolute atomic E-state index is 12.4. The van der Waals surface area contributed by atoms with Crippen molar-refractivity contribution in [3.63, 3.8) is 0 Å². The number of hydrogen-bond donors (Lipinski definition) is 1. The molecular formula is C14H22N2O3. The van der Waals surface area contributed by atoms with E-state index in [2.05, 4.69) is 20.8 Å². The van der Waals surface area contributed by atoms with Crippen LogP contribution in [0.2, 0.25) is 0 Å². The fraction of sp³-hybridized carbons (Fsp3) is 0.571. The summed E-state index contributed by atoms with van der Waals surface area (Å²) in [6.45, 7) is 7.99. The first kappa shape index (κ1) is 15.3. The normalized spacial score (nSPS) is 13.1. The van der Waals surface area contributed by atoms with E-state index in [-0.39, 0.29) is 23.9 Å². The van der Waals surface area contributed by atoms with E-state index >= 15 is 0 Å². The van der Waals surface area contributed by atoms with E-state index in [0.717, 1.165) is 0 Å². The summed E-state index contributed by atoms with van der Waals surface area (Å²) in [6, 6.07) is 3.39. The standard InChI is InChI=1S/C14H22N2O3/c1-10(14(2,3)4)15(5)13(19)11-7-6-8-16(11)9-12(17)18/h6-8,10H,9H2,1-5H3,(H,17,18). The number of carboxylic acid groups (broad SMARTS) is 1. The van der Waals surface area contributed by atoms with Crippen LogP contribution < -0.4 is 0 Å². The van der Waals surface area contributed by atoms with Gasteiger partial charge in [0.25, 0.3) is 5.91 Å². The van der Waals surface area contributed by atoms with E-state index < -0.39 is 5.97 Å². The maximum atomic E-state index is 12.4. The Morgan fingerprint density at radius 3 is 2.47 bits per heavy atom. The van der Waals surface area contributed by atoms with Crippen molar-refractivity contribution in [3.8, 4) is 0 Å². The highest BCUT2D eigenvalue weighted by Crippen LogP contribution is 2.24. The summed E-state index contributed by atoms with van der Waals surface area (Å²) in [5.41, 5.74) is 0.371. The number of carbonyl (C=O) groups is 2. The second kappa shape index (κ2) is 5.47. The number of rotatable bonds is 4. The summed E-state index contributed by atoms with van der Waals surface area (Å²) in [4.78, 5) is 24.8. The molecule has 106 valence electrons. The van der Waals surface area contributed by atoms with Crippen molar-refractivity contribution in [2.45, 2.75) is 40.3 Å². The molecule has 1 heterocycles. The fourth-order valence-electron chi connectivity index (χ4n) is 1.83. The van der Waals surface area contributed by atoms with E-state index in [1.165, 1.54) is 4.57 Å². The van der Waals surface area contributed by atoms with Crippen molar-refractivity contribution in [2.24, 2.45) is 5.41 Å². The van der Waals surface area contributed by atoms with Crippen LogP contribution in [0.4, 0.5) is 0 Å². The van der Waals surface area contributed by atoms with Crippen LogP contribution in [0.25, 0.3) is 0 Å². The van der Waals surface area contributed by atoms with Crippen LogP contribution in [0, 0.1) is 5.41 Å². The first-order chi connectivity index (χ1) is 8.64. The molecule has 0 aromatic carbocycles. The van der Waals surface area contributed by atoms with Crippen LogP contribution in [-0.4, -0.2) is 39.5 Å². The molecule has 1 rings (SSSR count). The van der Waals surface area contributed by atoms with E-state index in [0.29, 0.717) is 5.69 Å². The zero-order valence-electron chi connectivity index (χ0n) is 12.2. The molecule has 1 aromatic rings. The summed E-state index contributed by atoms with van der Waals surface area (Å²) < 4.78 is 1.45. The average Bonchev–Trinajstić information content (AvgIpc) is 2.72. The van der Waals surface area contributed by atoms with Crippen molar-refractivity contribution in [1.82, 2.24) is 9.47 Å². The van der Waals surface area contributed by atoms with Gasteiger partial charge in [-0.3, -0.25) is 9.59 Å². The third-order valence-electron chi connectivity index (χ3n) is 3.51. The largest absolute Gasteiger partial charge is 0.480 e. The smallest absolute Gasteiger partial charge is 0.323 e. The van der Waals surface area contributed by atoms with Gasteiger partial charge in [0.15, 0.2) is 0 Å². The minimum atomic E-state index is -0.961. The summed E-state index contributed by atoms with van der Waals surface area (Å²) in [5.74, 6) is -1.12. The average molecular weight is 266 g/mol. The topological polar surface area (TPSA) is 62.5 Å². The van der Waals surface area contributed by atoms with Crippen LogP contribution >= 0.6 is 0 Å². The lowest BCUT2D eigenvalue weighted by Crippen LogP contribution is -2.43. The Morgan fingerprint density at radius 2 is 2.00 bits per heavy atom. The number of hydrogen-bond acceptors (Lipinski definition) is 2. The first-order valence-electron chi connectivity index (χ1n) is 6.28. The molecule has 1 N–H and O–H groups in total. The zero-order chi connectivity index (χ0) is 14.8. The summed E-state index contributed by atoms with van der Waals surface area (Å²) in [7, 11) is 1.75. The number of amides is 1. The van der Waals surface area contributed by atoms with Gasteiger partial charge in [0, 0.05) is 19.3 Å². The molecule has 1 amide bonds. The molecule has 0 spiro atoms. The van der Waals surface area contributed by atoms with Crippen molar-refractivity contribution < 1.29 is 14.7 Å². The van der Waals surface area contributed by atoms with E-state index in [9.17, 15) is 9.59 Å².